The second-order valence-corrected chi connectivity index (χ2v) is 8.55. The molecular formula is C27H29N5O2. The van der Waals surface area contributed by atoms with Crippen LogP contribution in [-0.2, 0) is 0 Å². The number of aromatic nitrogens is 2. The number of amides is 1. The van der Waals surface area contributed by atoms with Gasteiger partial charge in [0.05, 0.1) is 12.7 Å². The van der Waals surface area contributed by atoms with Crippen LogP contribution in [0.25, 0.3) is 33.3 Å². The van der Waals surface area contributed by atoms with Gasteiger partial charge in [-0.25, -0.2) is 4.98 Å². The van der Waals surface area contributed by atoms with E-state index in [9.17, 15) is 4.79 Å². The van der Waals surface area contributed by atoms with Crippen molar-refractivity contribution in [2.75, 3.05) is 45.6 Å². The number of likely N-dealkylation sites (N-methyl/N-ethyl adjacent to an activating group) is 1. The number of pyridine rings is 1. The minimum atomic E-state index is -0.0134. The highest BCUT2D eigenvalue weighted by Gasteiger charge is 2.23. The fourth-order valence-corrected chi connectivity index (χ4v) is 4.61. The van der Waals surface area contributed by atoms with Crippen molar-refractivity contribution >= 4 is 22.6 Å². The van der Waals surface area contributed by atoms with E-state index in [1.165, 1.54) is 0 Å². The summed E-state index contributed by atoms with van der Waals surface area (Å²) in [6.07, 6.45) is 3.78. The number of nitrogens with one attached hydrogen (secondary N) is 1. The van der Waals surface area contributed by atoms with Crippen LogP contribution >= 0.6 is 0 Å². The van der Waals surface area contributed by atoms with Crippen molar-refractivity contribution in [3.05, 3.63) is 66.5 Å². The maximum absolute atomic E-state index is 13.3. The van der Waals surface area contributed by atoms with Crippen LogP contribution < -0.4 is 10.5 Å². The average molecular weight is 456 g/mol. The molecule has 0 spiro atoms. The number of anilines is 1. The molecular weight excluding hydrogens is 426 g/mol. The number of hydrogen-bond acceptors (Lipinski definition) is 5. The lowest BCUT2D eigenvalue weighted by atomic mass is 9.99. The molecule has 1 fully saturated rings. The topological polar surface area (TPSA) is 87.5 Å². The van der Waals surface area contributed by atoms with Crippen LogP contribution in [0.1, 0.15) is 17.3 Å². The zero-order chi connectivity index (χ0) is 23.7. The van der Waals surface area contributed by atoms with Gasteiger partial charge in [-0.1, -0.05) is 31.2 Å². The molecule has 0 saturated carbocycles. The molecule has 7 nitrogen and oxygen atoms in total. The summed E-state index contributed by atoms with van der Waals surface area (Å²) in [5.74, 6) is 0.790. The summed E-state index contributed by atoms with van der Waals surface area (Å²) in [6.45, 7) is 6.37. The Morgan fingerprint density at radius 1 is 1.06 bits per heavy atom. The highest BCUT2D eigenvalue weighted by atomic mass is 16.5. The molecule has 2 aromatic heterocycles. The largest absolute Gasteiger partial charge is 0.496 e. The van der Waals surface area contributed by atoms with E-state index in [4.69, 9.17) is 10.5 Å². The molecule has 1 aliphatic rings. The molecule has 0 bridgehead atoms. The van der Waals surface area contributed by atoms with Gasteiger partial charge in [0.15, 0.2) is 0 Å². The molecule has 1 amide bonds. The number of ether oxygens (including phenoxy) is 1. The molecule has 5 rings (SSSR count). The molecule has 174 valence electrons. The van der Waals surface area contributed by atoms with Crippen LogP contribution in [0, 0.1) is 0 Å². The number of benzene rings is 2. The number of fused-ring (bicyclic) bond motifs is 1. The van der Waals surface area contributed by atoms with Gasteiger partial charge in [0.2, 0.25) is 0 Å². The van der Waals surface area contributed by atoms with Crippen LogP contribution in [0.5, 0.6) is 5.75 Å². The van der Waals surface area contributed by atoms with Gasteiger partial charge in [0.25, 0.3) is 5.91 Å². The number of H-pyrrole nitrogens is 1. The first kappa shape index (κ1) is 22.0. The first-order valence-electron chi connectivity index (χ1n) is 11.6. The van der Waals surface area contributed by atoms with Crippen LogP contribution in [0.3, 0.4) is 0 Å². The quantitative estimate of drug-likeness (QED) is 0.439. The third-order valence-electron chi connectivity index (χ3n) is 6.65. The average Bonchev–Trinajstić information content (AvgIpc) is 3.31. The van der Waals surface area contributed by atoms with Crippen molar-refractivity contribution in [1.29, 1.82) is 0 Å². The molecule has 7 heteroatoms. The summed E-state index contributed by atoms with van der Waals surface area (Å²) in [7, 11) is 1.67. The minimum Gasteiger partial charge on any atom is -0.496 e. The predicted molar refractivity (Wildman–Crippen MR) is 136 cm³/mol. The van der Waals surface area contributed by atoms with Crippen molar-refractivity contribution in [2.24, 2.45) is 0 Å². The van der Waals surface area contributed by atoms with Gasteiger partial charge >= 0.3 is 0 Å². The highest BCUT2D eigenvalue weighted by molar-refractivity contribution is 6.01. The third-order valence-corrected chi connectivity index (χ3v) is 6.65. The van der Waals surface area contributed by atoms with Gasteiger partial charge in [-0.05, 0) is 36.4 Å². The lowest BCUT2D eigenvalue weighted by molar-refractivity contribution is 0.0644. The Morgan fingerprint density at radius 2 is 1.85 bits per heavy atom. The Labute approximate surface area is 199 Å². The number of hydrogen-bond donors (Lipinski definition) is 2. The molecule has 0 radical (unpaired) electrons. The summed E-state index contributed by atoms with van der Waals surface area (Å²) >= 11 is 0. The number of nitrogen functional groups attached to an aromatic ring is 1. The maximum Gasteiger partial charge on any atom is 0.256 e. The second kappa shape index (κ2) is 9.19. The van der Waals surface area contributed by atoms with Crippen molar-refractivity contribution in [1.82, 2.24) is 19.8 Å². The minimum absolute atomic E-state index is 0.0134. The predicted octanol–water partition coefficient (Wildman–Crippen LogP) is 4.27. The summed E-state index contributed by atoms with van der Waals surface area (Å²) in [5, 5.41) is 0.988. The Balaban J connectivity index is 1.50. The SMILES string of the molecule is CCN1CCN(C(=O)c2cc(-c3cnc4[nH]cc(-c5ccccc5OC)c4c3)ccc2N)CC1. The molecule has 1 aliphatic heterocycles. The number of rotatable bonds is 5. The first-order valence-corrected chi connectivity index (χ1v) is 11.6. The number of carbonyl (C=O) groups is 1. The van der Waals surface area contributed by atoms with E-state index in [0.29, 0.717) is 11.3 Å². The highest BCUT2D eigenvalue weighted by Crippen LogP contribution is 2.36. The standard InChI is InChI=1S/C27H29N5O2/c1-3-31-10-12-32(13-11-31)27(33)22-14-18(8-9-24(22)28)19-15-21-23(17-30-26(21)29-16-19)20-6-4-5-7-25(20)34-2/h4-9,14-17H,3,10-13,28H2,1-2H3,(H,29,30). The molecule has 0 atom stereocenters. The zero-order valence-corrected chi connectivity index (χ0v) is 19.5. The van der Waals surface area contributed by atoms with E-state index >= 15 is 0 Å². The van der Waals surface area contributed by atoms with E-state index in [-0.39, 0.29) is 5.91 Å². The van der Waals surface area contributed by atoms with Crippen molar-refractivity contribution < 1.29 is 9.53 Å². The van der Waals surface area contributed by atoms with E-state index in [1.54, 1.807) is 7.11 Å². The lowest BCUT2D eigenvalue weighted by Crippen LogP contribution is -2.48. The Bertz CT molecular complexity index is 1340. The molecule has 0 unspecified atom stereocenters. The van der Waals surface area contributed by atoms with Crippen molar-refractivity contribution in [3.8, 4) is 28.0 Å². The molecule has 3 N–H and O–H groups in total. The van der Waals surface area contributed by atoms with E-state index in [1.807, 2.05) is 59.8 Å². The Hall–Kier alpha value is -3.84. The monoisotopic (exact) mass is 455 g/mol. The number of para-hydroxylation sites is 1. The number of nitrogens with zero attached hydrogens (tertiary/aromatic N) is 3. The van der Waals surface area contributed by atoms with E-state index < -0.39 is 0 Å². The second-order valence-electron chi connectivity index (χ2n) is 8.55. The summed E-state index contributed by atoms with van der Waals surface area (Å²) in [6, 6.07) is 15.7. The molecule has 0 aliphatic carbocycles. The molecule has 34 heavy (non-hydrogen) atoms. The molecule has 4 aromatic rings. The molecule has 2 aromatic carbocycles. The summed E-state index contributed by atoms with van der Waals surface area (Å²) in [5.41, 5.74) is 11.9. The van der Waals surface area contributed by atoms with Gasteiger partial charge in [0, 0.05) is 66.3 Å². The fourth-order valence-electron chi connectivity index (χ4n) is 4.61. The van der Waals surface area contributed by atoms with Gasteiger partial charge in [-0.2, -0.15) is 0 Å². The van der Waals surface area contributed by atoms with Gasteiger partial charge < -0.3 is 25.3 Å². The number of nitrogens with two attached hydrogens (primary N) is 1. The van der Waals surface area contributed by atoms with Crippen molar-refractivity contribution in [2.45, 2.75) is 6.92 Å². The maximum atomic E-state index is 13.3. The Kier molecular flexibility index (Phi) is 5.94. The van der Waals surface area contributed by atoms with Crippen LogP contribution in [0.2, 0.25) is 0 Å². The normalized spacial score (nSPS) is 14.5. The number of carbonyl (C=O) groups excluding carboxylic acids is 1. The van der Waals surface area contributed by atoms with Crippen molar-refractivity contribution in [3.63, 3.8) is 0 Å². The van der Waals surface area contributed by atoms with Crippen LogP contribution in [0.4, 0.5) is 5.69 Å². The van der Waals surface area contributed by atoms with Gasteiger partial charge in [0.1, 0.15) is 11.4 Å². The molecule has 3 heterocycles. The lowest BCUT2D eigenvalue weighted by Gasteiger charge is -2.34. The number of aromatic amines is 1. The van der Waals surface area contributed by atoms with Crippen LogP contribution in [-0.4, -0.2) is 65.5 Å². The zero-order valence-electron chi connectivity index (χ0n) is 19.5. The number of piperazine rings is 1. The van der Waals surface area contributed by atoms with E-state index in [0.717, 1.165) is 71.8 Å². The van der Waals surface area contributed by atoms with Crippen LogP contribution in [0.15, 0.2) is 60.9 Å². The van der Waals surface area contributed by atoms with Gasteiger partial charge in [-0.15, -0.1) is 0 Å². The first-order chi connectivity index (χ1) is 16.6. The third kappa shape index (κ3) is 3.99. The molecule has 1 saturated heterocycles. The van der Waals surface area contributed by atoms with E-state index in [2.05, 4.69) is 27.9 Å². The number of methoxy groups -OCH3 is 1. The fraction of sp³-hybridized carbons (Fsp3) is 0.259. The summed E-state index contributed by atoms with van der Waals surface area (Å²) in [4.78, 5) is 25.4. The van der Waals surface area contributed by atoms with Gasteiger partial charge in [-0.3, -0.25) is 4.79 Å². The Morgan fingerprint density at radius 3 is 2.62 bits per heavy atom. The summed E-state index contributed by atoms with van der Waals surface area (Å²) < 4.78 is 5.57. The smallest absolute Gasteiger partial charge is 0.256 e.